The van der Waals surface area contributed by atoms with E-state index in [0.717, 1.165) is 17.7 Å². The van der Waals surface area contributed by atoms with Crippen LogP contribution in [0.5, 0.6) is 0 Å². The predicted octanol–water partition coefficient (Wildman–Crippen LogP) is 3.83. The molecule has 26 heavy (non-hydrogen) atoms. The SMILES string of the molecule is Cc1ccnc(C[C@H](C)N(C)Cc2cccnc2NC(=O)C(C)(C)C)c1. The lowest BCUT2D eigenvalue weighted by atomic mass is 9.95. The number of hydrogen-bond donors (Lipinski definition) is 1. The van der Waals surface area contributed by atoms with E-state index in [1.807, 2.05) is 45.2 Å². The number of nitrogens with zero attached hydrogens (tertiary/aromatic N) is 3. The number of nitrogens with one attached hydrogen (secondary N) is 1. The second kappa shape index (κ2) is 8.41. The number of aromatic nitrogens is 2. The summed E-state index contributed by atoms with van der Waals surface area (Å²) in [6.45, 7) is 10.7. The van der Waals surface area contributed by atoms with Crippen molar-refractivity contribution in [1.82, 2.24) is 14.9 Å². The van der Waals surface area contributed by atoms with Gasteiger partial charge in [-0.2, -0.15) is 0 Å². The standard InChI is InChI=1S/C21H30N4O/c1-15-9-11-22-18(12-15)13-16(2)25(6)14-17-8-7-10-23-19(17)24-20(26)21(3,4)5/h7-12,16H,13-14H2,1-6H3,(H,23,24,26)/t16-/m0/s1. The number of amides is 1. The van der Waals surface area contributed by atoms with Crippen molar-refractivity contribution in [2.75, 3.05) is 12.4 Å². The van der Waals surface area contributed by atoms with Crippen molar-refractivity contribution in [3.05, 3.63) is 53.5 Å². The van der Waals surface area contributed by atoms with E-state index < -0.39 is 5.41 Å². The van der Waals surface area contributed by atoms with Crippen LogP contribution in [0.25, 0.3) is 0 Å². The first kappa shape index (κ1) is 20.0. The summed E-state index contributed by atoms with van der Waals surface area (Å²) in [6, 6.07) is 8.37. The Bertz CT molecular complexity index is 752. The molecule has 0 bridgehead atoms. The van der Waals surface area contributed by atoms with E-state index in [9.17, 15) is 4.79 Å². The molecular weight excluding hydrogens is 324 g/mol. The van der Waals surface area contributed by atoms with E-state index in [0.29, 0.717) is 18.4 Å². The summed E-state index contributed by atoms with van der Waals surface area (Å²) in [4.78, 5) is 23.4. The molecule has 0 saturated carbocycles. The van der Waals surface area contributed by atoms with Gasteiger partial charge in [-0.1, -0.05) is 26.8 Å². The van der Waals surface area contributed by atoms with E-state index in [4.69, 9.17) is 0 Å². The Morgan fingerprint density at radius 3 is 2.62 bits per heavy atom. The van der Waals surface area contributed by atoms with Crippen LogP contribution in [0.3, 0.4) is 0 Å². The molecule has 5 nitrogen and oxygen atoms in total. The quantitative estimate of drug-likeness (QED) is 0.856. The second-order valence-corrected chi connectivity index (χ2v) is 8.01. The highest BCUT2D eigenvalue weighted by atomic mass is 16.2. The van der Waals surface area contributed by atoms with E-state index in [1.54, 1.807) is 6.20 Å². The number of aryl methyl sites for hydroxylation is 1. The fourth-order valence-corrected chi connectivity index (χ4v) is 2.57. The third-order valence-corrected chi connectivity index (χ3v) is 4.45. The van der Waals surface area contributed by atoms with Crippen molar-refractivity contribution in [3.8, 4) is 0 Å². The number of likely N-dealkylation sites (N-methyl/N-ethyl adjacent to an activating group) is 1. The molecule has 0 spiro atoms. The Kier molecular flexibility index (Phi) is 6.48. The first-order valence-electron chi connectivity index (χ1n) is 9.04. The minimum Gasteiger partial charge on any atom is -0.310 e. The molecule has 0 aliphatic heterocycles. The van der Waals surface area contributed by atoms with Crippen molar-refractivity contribution in [2.45, 2.75) is 53.6 Å². The van der Waals surface area contributed by atoms with E-state index >= 15 is 0 Å². The second-order valence-electron chi connectivity index (χ2n) is 8.01. The van der Waals surface area contributed by atoms with Gasteiger partial charge in [-0.25, -0.2) is 4.98 Å². The van der Waals surface area contributed by atoms with Crippen LogP contribution in [0, 0.1) is 12.3 Å². The summed E-state index contributed by atoms with van der Waals surface area (Å²) in [7, 11) is 2.09. The molecule has 0 aliphatic carbocycles. The molecule has 0 aliphatic rings. The Morgan fingerprint density at radius 1 is 1.23 bits per heavy atom. The number of carbonyl (C=O) groups excluding carboxylic acids is 1. The molecule has 0 unspecified atom stereocenters. The predicted molar refractivity (Wildman–Crippen MR) is 106 cm³/mol. The topological polar surface area (TPSA) is 58.1 Å². The molecule has 0 aromatic carbocycles. The Balaban J connectivity index is 2.06. The summed E-state index contributed by atoms with van der Waals surface area (Å²) in [5.74, 6) is 0.609. The molecule has 2 rings (SSSR count). The molecule has 2 aromatic rings. The zero-order valence-corrected chi connectivity index (χ0v) is 16.7. The first-order valence-corrected chi connectivity index (χ1v) is 9.04. The molecule has 0 fully saturated rings. The zero-order valence-electron chi connectivity index (χ0n) is 16.7. The van der Waals surface area contributed by atoms with Gasteiger partial charge in [0.05, 0.1) is 0 Å². The number of hydrogen-bond acceptors (Lipinski definition) is 4. The minimum atomic E-state index is -0.454. The Labute approximate surface area is 156 Å². The molecule has 1 N–H and O–H groups in total. The van der Waals surface area contributed by atoms with Gasteiger partial charge in [0.15, 0.2) is 0 Å². The summed E-state index contributed by atoms with van der Waals surface area (Å²) in [5.41, 5.74) is 2.88. The van der Waals surface area contributed by atoms with Crippen molar-refractivity contribution in [1.29, 1.82) is 0 Å². The van der Waals surface area contributed by atoms with Gasteiger partial charge in [0.1, 0.15) is 5.82 Å². The van der Waals surface area contributed by atoms with Gasteiger partial charge in [-0.05, 0) is 44.7 Å². The van der Waals surface area contributed by atoms with Crippen molar-refractivity contribution < 1.29 is 4.79 Å². The average Bonchev–Trinajstić information content (AvgIpc) is 2.55. The van der Waals surface area contributed by atoms with Crippen molar-refractivity contribution in [3.63, 3.8) is 0 Å². The van der Waals surface area contributed by atoms with Gasteiger partial charge in [-0.3, -0.25) is 14.7 Å². The number of anilines is 1. The maximum Gasteiger partial charge on any atom is 0.230 e. The molecule has 0 saturated heterocycles. The maximum absolute atomic E-state index is 12.3. The Hall–Kier alpha value is -2.27. The fourth-order valence-electron chi connectivity index (χ4n) is 2.57. The van der Waals surface area contributed by atoms with E-state index in [1.165, 1.54) is 5.56 Å². The van der Waals surface area contributed by atoms with Crippen molar-refractivity contribution >= 4 is 11.7 Å². The highest BCUT2D eigenvalue weighted by Gasteiger charge is 2.23. The summed E-state index contributed by atoms with van der Waals surface area (Å²) in [6.07, 6.45) is 4.45. The summed E-state index contributed by atoms with van der Waals surface area (Å²) >= 11 is 0. The maximum atomic E-state index is 12.3. The van der Waals surface area contributed by atoms with Gasteiger partial charge >= 0.3 is 0 Å². The largest absolute Gasteiger partial charge is 0.310 e. The van der Waals surface area contributed by atoms with Crippen molar-refractivity contribution in [2.24, 2.45) is 5.41 Å². The van der Waals surface area contributed by atoms with Crippen LogP contribution in [0.1, 0.15) is 44.5 Å². The molecule has 2 heterocycles. The molecule has 140 valence electrons. The molecule has 1 amide bonds. The van der Waals surface area contributed by atoms with E-state index in [-0.39, 0.29) is 5.91 Å². The van der Waals surface area contributed by atoms with Crippen LogP contribution >= 0.6 is 0 Å². The van der Waals surface area contributed by atoms with Gasteiger partial charge in [0, 0.05) is 48.1 Å². The summed E-state index contributed by atoms with van der Waals surface area (Å²) in [5, 5.41) is 2.96. The van der Waals surface area contributed by atoms with Gasteiger partial charge in [-0.15, -0.1) is 0 Å². The first-order chi connectivity index (χ1) is 12.2. The lowest BCUT2D eigenvalue weighted by Crippen LogP contribution is -2.32. The highest BCUT2D eigenvalue weighted by molar-refractivity contribution is 5.94. The third kappa shape index (κ3) is 5.63. The minimum absolute atomic E-state index is 0.0305. The number of carbonyl (C=O) groups is 1. The molecule has 0 radical (unpaired) electrons. The monoisotopic (exact) mass is 354 g/mol. The van der Waals surface area contributed by atoms with Gasteiger partial charge < -0.3 is 5.32 Å². The van der Waals surface area contributed by atoms with Crippen LogP contribution in [-0.2, 0) is 17.8 Å². The molecule has 5 heteroatoms. The third-order valence-electron chi connectivity index (χ3n) is 4.45. The lowest BCUT2D eigenvalue weighted by molar-refractivity contribution is -0.123. The highest BCUT2D eigenvalue weighted by Crippen LogP contribution is 2.20. The molecule has 1 atom stereocenters. The van der Waals surface area contributed by atoms with Crippen LogP contribution in [0.15, 0.2) is 36.7 Å². The van der Waals surface area contributed by atoms with Gasteiger partial charge in [0.2, 0.25) is 5.91 Å². The molecular formula is C21H30N4O. The normalized spacial score (nSPS) is 12.9. The fraction of sp³-hybridized carbons (Fsp3) is 0.476. The van der Waals surface area contributed by atoms with Crippen LogP contribution in [0.2, 0.25) is 0 Å². The van der Waals surface area contributed by atoms with Gasteiger partial charge in [0.25, 0.3) is 0 Å². The molecule has 2 aromatic heterocycles. The zero-order chi connectivity index (χ0) is 19.3. The van der Waals surface area contributed by atoms with E-state index in [2.05, 4.69) is 47.1 Å². The summed E-state index contributed by atoms with van der Waals surface area (Å²) < 4.78 is 0. The average molecular weight is 354 g/mol. The number of rotatable bonds is 6. The van der Waals surface area contributed by atoms with Crippen LogP contribution < -0.4 is 5.32 Å². The Morgan fingerprint density at radius 2 is 1.96 bits per heavy atom. The smallest absolute Gasteiger partial charge is 0.230 e. The van der Waals surface area contributed by atoms with Crippen LogP contribution in [0.4, 0.5) is 5.82 Å². The van der Waals surface area contributed by atoms with Crippen LogP contribution in [-0.4, -0.2) is 33.9 Å². The lowest BCUT2D eigenvalue weighted by Gasteiger charge is -2.26. The number of pyridine rings is 2.